The van der Waals surface area contributed by atoms with Crippen LogP contribution in [0.4, 0.5) is 0 Å². The summed E-state index contributed by atoms with van der Waals surface area (Å²) in [5.74, 6) is -0.754. The van der Waals surface area contributed by atoms with E-state index in [0.29, 0.717) is 23.6 Å². The molecule has 2 amide bonds. The van der Waals surface area contributed by atoms with Crippen molar-refractivity contribution in [1.82, 2.24) is 14.5 Å². The van der Waals surface area contributed by atoms with Crippen LogP contribution < -0.4 is 5.32 Å². The van der Waals surface area contributed by atoms with Crippen molar-refractivity contribution in [3.8, 4) is 0 Å². The monoisotopic (exact) mass is 493 g/mol. The SMILES string of the molecule is CCCNC(=O)C(CC)N(Cc1ccccc1Cl)C(=O)CN(C)S(=O)(=O)c1ccc(C)cc1. The highest BCUT2D eigenvalue weighted by molar-refractivity contribution is 7.89. The molecule has 9 heteroatoms. The molecule has 2 rings (SSSR count). The summed E-state index contributed by atoms with van der Waals surface area (Å²) in [5.41, 5.74) is 1.61. The molecule has 1 N–H and O–H groups in total. The molecule has 0 bridgehead atoms. The highest BCUT2D eigenvalue weighted by Crippen LogP contribution is 2.21. The van der Waals surface area contributed by atoms with E-state index in [-0.39, 0.29) is 17.3 Å². The molecule has 0 aromatic heterocycles. The van der Waals surface area contributed by atoms with Gasteiger partial charge in [0.1, 0.15) is 6.04 Å². The number of carbonyl (C=O) groups excluding carboxylic acids is 2. The summed E-state index contributed by atoms with van der Waals surface area (Å²) < 4.78 is 27.0. The van der Waals surface area contributed by atoms with E-state index in [9.17, 15) is 18.0 Å². The lowest BCUT2D eigenvalue weighted by Crippen LogP contribution is -2.51. The van der Waals surface area contributed by atoms with Crippen LogP contribution in [-0.2, 0) is 26.2 Å². The quantitative estimate of drug-likeness (QED) is 0.518. The van der Waals surface area contributed by atoms with Crippen molar-refractivity contribution in [1.29, 1.82) is 0 Å². The molecule has 0 saturated carbocycles. The lowest BCUT2D eigenvalue weighted by Gasteiger charge is -2.32. The second-order valence-corrected chi connectivity index (χ2v) is 10.4. The van der Waals surface area contributed by atoms with Gasteiger partial charge in [-0.1, -0.05) is 61.3 Å². The Bertz CT molecular complexity index is 1060. The Morgan fingerprint density at radius 3 is 2.27 bits per heavy atom. The first-order valence-corrected chi connectivity index (χ1v) is 12.8. The number of nitrogens with one attached hydrogen (secondary N) is 1. The molecule has 0 spiro atoms. The maximum atomic E-state index is 13.4. The fourth-order valence-corrected chi connectivity index (χ4v) is 4.67. The average Bonchev–Trinajstić information content (AvgIpc) is 2.78. The Morgan fingerprint density at radius 2 is 1.70 bits per heavy atom. The molecular formula is C24H32ClN3O4S. The van der Waals surface area contributed by atoms with Gasteiger partial charge in [0.05, 0.1) is 11.4 Å². The Labute approximate surface area is 201 Å². The summed E-state index contributed by atoms with van der Waals surface area (Å²) >= 11 is 6.31. The van der Waals surface area contributed by atoms with Gasteiger partial charge in [-0.25, -0.2) is 8.42 Å². The van der Waals surface area contributed by atoms with Crippen molar-refractivity contribution in [3.63, 3.8) is 0 Å². The lowest BCUT2D eigenvalue weighted by atomic mass is 10.1. The van der Waals surface area contributed by atoms with Crippen molar-refractivity contribution in [2.24, 2.45) is 0 Å². The van der Waals surface area contributed by atoms with Gasteiger partial charge in [-0.05, 0) is 43.5 Å². The number of aryl methyl sites for hydroxylation is 1. The van der Waals surface area contributed by atoms with Crippen LogP contribution >= 0.6 is 11.6 Å². The van der Waals surface area contributed by atoms with E-state index in [4.69, 9.17) is 11.6 Å². The molecule has 0 aliphatic heterocycles. The minimum Gasteiger partial charge on any atom is -0.354 e. The molecule has 2 aromatic carbocycles. The Hall–Kier alpha value is -2.42. The van der Waals surface area contributed by atoms with Gasteiger partial charge in [-0.2, -0.15) is 4.31 Å². The zero-order chi connectivity index (χ0) is 24.6. The van der Waals surface area contributed by atoms with E-state index in [1.54, 1.807) is 36.4 Å². The van der Waals surface area contributed by atoms with Crippen LogP contribution in [0.5, 0.6) is 0 Å². The number of benzene rings is 2. The second kappa shape index (κ2) is 12.2. The van der Waals surface area contributed by atoms with Crippen LogP contribution in [0.15, 0.2) is 53.4 Å². The number of amides is 2. The molecule has 7 nitrogen and oxygen atoms in total. The molecule has 0 aliphatic carbocycles. The van der Waals surface area contributed by atoms with E-state index in [1.165, 1.54) is 24.1 Å². The first-order valence-electron chi connectivity index (χ1n) is 10.9. The van der Waals surface area contributed by atoms with Gasteiger partial charge < -0.3 is 10.2 Å². The highest BCUT2D eigenvalue weighted by Gasteiger charge is 2.32. The van der Waals surface area contributed by atoms with Crippen LogP contribution in [0.3, 0.4) is 0 Å². The fourth-order valence-electron chi connectivity index (χ4n) is 3.35. The summed E-state index contributed by atoms with van der Waals surface area (Å²) in [6.07, 6.45) is 1.14. The number of sulfonamides is 1. The van der Waals surface area contributed by atoms with Gasteiger partial charge >= 0.3 is 0 Å². The average molecular weight is 494 g/mol. The maximum absolute atomic E-state index is 13.4. The number of nitrogens with zero attached hydrogens (tertiary/aromatic N) is 2. The fraction of sp³-hybridized carbons (Fsp3) is 0.417. The number of likely N-dealkylation sites (N-methyl/N-ethyl adjacent to an activating group) is 1. The molecule has 0 aliphatic rings. The zero-order valence-electron chi connectivity index (χ0n) is 19.5. The largest absolute Gasteiger partial charge is 0.354 e. The van der Waals surface area contributed by atoms with E-state index >= 15 is 0 Å². The van der Waals surface area contributed by atoms with Gasteiger partial charge in [0, 0.05) is 25.2 Å². The van der Waals surface area contributed by atoms with Crippen LogP contribution in [0.25, 0.3) is 0 Å². The molecule has 180 valence electrons. The maximum Gasteiger partial charge on any atom is 0.243 e. The Kier molecular flexibility index (Phi) is 9.88. The number of rotatable bonds is 11. The Balaban J connectivity index is 2.32. The zero-order valence-corrected chi connectivity index (χ0v) is 21.1. The number of carbonyl (C=O) groups is 2. The molecule has 1 unspecified atom stereocenters. The molecule has 0 heterocycles. The molecule has 33 heavy (non-hydrogen) atoms. The van der Waals surface area contributed by atoms with E-state index in [0.717, 1.165) is 16.3 Å². The molecule has 0 radical (unpaired) electrons. The number of hydrogen-bond donors (Lipinski definition) is 1. The molecule has 1 atom stereocenters. The van der Waals surface area contributed by atoms with Crippen molar-refractivity contribution in [3.05, 3.63) is 64.7 Å². The van der Waals surface area contributed by atoms with E-state index in [1.807, 2.05) is 20.8 Å². The van der Waals surface area contributed by atoms with Crippen molar-refractivity contribution in [2.75, 3.05) is 20.1 Å². The van der Waals surface area contributed by atoms with Crippen LogP contribution in [0.1, 0.15) is 37.8 Å². The highest BCUT2D eigenvalue weighted by atomic mass is 35.5. The second-order valence-electron chi connectivity index (χ2n) is 7.90. The standard InChI is InChI=1S/C24H32ClN3O4S/c1-5-15-26-24(30)22(6-2)28(16-19-9-7-8-10-21(19)25)23(29)17-27(4)33(31,32)20-13-11-18(3)12-14-20/h7-14,22H,5-6,15-17H2,1-4H3,(H,26,30). The van der Waals surface area contributed by atoms with Crippen LogP contribution in [0, 0.1) is 6.92 Å². The third kappa shape index (κ3) is 7.03. The third-order valence-electron chi connectivity index (χ3n) is 5.32. The minimum atomic E-state index is -3.87. The van der Waals surface area contributed by atoms with Gasteiger partial charge in [0.15, 0.2) is 0 Å². The lowest BCUT2D eigenvalue weighted by molar-refractivity contribution is -0.141. The summed E-state index contributed by atoms with van der Waals surface area (Å²) in [4.78, 5) is 27.7. The summed E-state index contributed by atoms with van der Waals surface area (Å²) in [6, 6.07) is 12.8. The predicted octanol–water partition coefficient (Wildman–Crippen LogP) is 3.60. The van der Waals surface area contributed by atoms with Crippen LogP contribution in [-0.4, -0.2) is 55.6 Å². The van der Waals surface area contributed by atoms with Crippen molar-refractivity contribution in [2.45, 2.75) is 51.1 Å². The van der Waals surface area contributed by atoms with Gasteiger partial charge in [0.2, 0.25) is 21.8 Å². The minimum absolute atomic E-state index is 0.0922. The molecule has 0 saturated heterocycles. The van der Waals surface area contributed by atoms with Crippen molar-refractivity contribution < 1.29 is 18.0 Å². The first-order chi connectivity index (χ1) is 15.6. The van der Waals surface area contributed by atoms with Crippen LogP contribution in [0.2, 0.25) is 5.02 Å². The molecule has 2 aromatic rings. The normalized spacial score (nSPS) is 12.4. The number of halogens is 1. The summed E-state index contributed by atoms with van der Waals surface area (Å²) in [6.45, 7) is 5.80. The molecule has 0 fully saturated rings. The summed E-state index contributed by atoms with van der Waals surface area (Å²) in [5, 5.41) is 3.31. The first kappa shape index (κ1) is 26.8. The van der Waals surface area contributed by atoms with Gasteiger partial charge in [-0.3, -0.25) is 9.59 Å². The van der Waals surface area contributed by atoms with Crippen molar-refractivity contribution >= 4 is 33.4 Å². The Morgan fingerprint density at radius 1 is 1.06 bits per heavy atom. The van der Waals surface area contributed by atoms with E-state index in [2.05, 4.69) is 5.32 Å². The third-order valence-corrected chi connectivity index (χ3v) is 7.51. The topological polar surface area (TPSA) is 86.8 Å². The smallest absolute Gasteiger partial charge is 0.243 e. The summed E-state index contributed by atoms with van der Waals surface area (Å²) in [7, 11) is -2.51. The van der Waals surface area contributed by atoms with Gasteiger partial charge in [0.25, 0.3) is 0 Å². The predicted molar refractivity (Wildman–Crippen MR) is 130 cm³/mol. The molecular weight excluding hydrogens is 462 g/mol. The number of hydrogen-bond acceptors (Lipinski definition) is 4. The van der Waals surface area contributed by atoms with Gasteiger partial charge in [-0.15, -0.1) is 0 Å². The van der Waals surface area contributed by atoms with E-state index < -0.39 is 28.5 Å².